The Hall–Kier alpha value is -3.32. The SMILES string of the molecule is CCCOc1ccc(C2/C(=C(\O)c3ccc(OCC)cc3C)C(=O)C(=O)N2CCN(C)C)cc1. The van der Waals surface area contributed by atoms with Crippen molar-refractivity contribution in [1.29, 1.82) is 0 Å². The summed E-state index contributed by atoms with van der Waals surface area (Å²) in [5, 5.41) is 11.3. The highest BCUT2D eigenvalue weighted by molar-refractivity contribution is 6.46. The van der Waals surface area contributed by atoms with Crippen molar-refractivity contribution < 1.29 is 24.2 Å². The standard InChI is InChI=1S/C27H34N2O5/c1-6-16-34-20-10-8-19(9-11-20)24-23(26(31)27(32)29(24)15-14-28(4)5)25(30)22-13-12-21(33-7-2)17-18(22)3/h8-13,17,24,30H,6-7,14-16H2,1-5H3/b25-23+. The highest BCUT2D eigenvalue weighted by Gasteiger charge is 2.46. The van der Waals surface area contributed by atoms with Gasteiger partial charge in [-0.15, -0.1) is 0 Å². The summed E-state index contributed by atoms with van der Waals surface area (Å²) in [6.07, 6.45) is 0.897. The average molecular weight is 467 g/mol. The molecule has 1 saturated heterocycles. The van der Waals surface area contributed by atoms with Gasteiger partial charge in [0.15, 0.2) is 0 Å². The summed E-state index contributed by atoms with van der Waals surface area (Å²) in [4.78, 5) is 29.7. The molecule has 0 radical (unpaired) electrons. The van der Waals surface area contributed by atoms with Gasteiger partial charge >= 0.3 is 0 Å². The molecule has 1 atom stereocenters. The Balaban J connectivity index is 2.09. The van der Waals surface area contributed by atoms with E-state index in [2.05, 4.69) is 0 Å². The largest absolute Gasteiger partial charge is 0.507 e. The van der Waals surface area contributed by atoms with E-state index in [4.69, 9.17) is 9.47 Å². The summed E-state index contributed by atoms with van der Waals surface area (Å²) in [5.74, 6) is -0.0629. The predicted molar refractivity (Wildman–Crippen MR) is 132 cm³/mol. The minimum atomic E-state index is -0.689. The Morgan fingerprint density at radius 2 is 1.71 bits per heavy atom. The molecule has 0 aromatic heterocycles. The lowest BCUT2D eigenvalue weighted by Gasteiger charge is -2.26. The van der Waals surface area contributed by atoms with Crippen LogP contribution in [0.15, 0.2) is 48.0 Å². The van der Waals surface area contributed by atoms with Crippen LogP contribution in [0.3, 0.4) is 0 Å². The number of likely N-dealkylation sites (N-methyl/N-ethyl adjacent to an activating group) is 1. The highest BCUT2D eigenvalue weighted by atomic mass is 16.5. The number of amides is 1. The number of hydrogen-bond donors (Lipinski definition) is 1. The van der Waals surface area contributed by atoms with Crippen LogP contribution in [-0.4, -0.2) is 67.0 Å². The normalized spacial score (nSPS) is 17.5. The molecule has 3 rings (SSSR count). The molecule has 1 unspecified atom stereocenters. The number of carbonyl (C=O) groups is 2. The Morgan fingerprint density at radius 3 is 2.29 bits per heavy atom. The first-order valence-corrected chi connectivity index (χ1v) is 11.7. The molecule has 1 heterocycles. The number of benzene rings is 2. The second kappa shape index (κ2) is 11.2. The van der Waals surface area contributed by atoms with Gasteiger partial charge in [0.05, 0.1) is 24.8 Å². The van der Waals surface area contributed by atoms with Crippen LogP contribution in [0.5, 0.6) is 11.5 Å². The fourth-order valence-corrected chi connectivity index (χ4v) is 4.03. The third kappa shape index (κ3) is 5.42. The molecular formula is C27H34N2O5. The van der Waals surface area contributed by atoms with Crippen LogP contribution in [0, 0.1) is 6.92 Å². The van der Waals surface area contributed by atoms with E-state index in [-0.39, 0.29) is 11.3 Å². The van der Waals surface area contributed by atoms with Gasteiger partial charge in [0.2, 0.25) is 0 Å². The summed E-state index contributed by atoms with van der Waals surface area (Å²) in [7, 11) is 3.82. The first kappa shape index (κ1) is 25.3. The molecule has 7 heteroatoms. The fourth-order valence-electron chi connectivity index (χ4n) is 4.03. The van der Waals surface area contributed by atoms with E-state index in [1.165, 1.54) is 0 Å². The molecule has 7 nitrogen and oxygen atoms in total. The second-order valence-electron chi connectivity index (χ2n) is 8.62. The number of nitrogens with zero attached hydrogens (tertiary/aromatic N) is 2. The van der Waals surface area contributed by atoms with Gasteiger partial charge in [0.25, 0.3) is 11.7 Å². The monoisotopic (exact) mass is 466 g/mol. The van der Waals surface area contributed by atoms with Gasteiger partial charge < -0.3 is 24.4 Å². The van der Waals surface area contributed by atoms with Gasteiger partial charge in [-0.3, -0.25) is 9.59 Å². The molecule has 2 aromatic carbocycles. The van der Waals surface area contributed by atoms with Crippen molar-refractivity contribution >= 4 is 17.4 Å². The maximum Gasteiger partial charge on any atom is 0.295 e. The van der Waals surface area contributed by atoms with E-state index in [1.54, 1.807) is 17.0 Å². The molecule has 1 fully saturated rings. The number of aliphatic hydroxyl groups is 1. The van der Waals surface area contributed by atoms with Gasteiger partial charge in [-0.1, -0.05) is 19.1 Å². The van der Waals surface area contributed by atoms with E-state index < -0.39 is 17.7 Å². The highest BCUT2D eigenvalue weighted by Crippen LogP contribution is 2.40. The number of carbonyl (C=O) groups excluding carboxylic acids is 2. The van der Waals surface area contributed by atoms with E-state index in [1.807, 2.05) is 70.1 Å². The Morgan fingerprint density at radius 1 is 1.03 bits per heavy atom. The number of aryl methyl sites for hydroxylation is 1. The molecule has 34 heavy (non-hydrogen) atoms. The number of aliphatic hydroxyl groups excluding tert-OH is 1. The molecule has 182 valence electrons. The van der Waals surface area contributed by atoms with Crippen LogP contribution in [0.4, 0.5) is 0 Å². The van der Waals surface area contributed by atoms with E-state index in [9.17, 15) is 14.7 Å². The minimum absolute atomic E-state index is 0.0956. The zero-order valence-corrected chi connectivity index (χ0v) is 20.6. The number of Topliss-reactive ketones (excluding diaryl/α,β-unsaturated/α-hetero) is 1. The smallest absolute Gasteiger partial charge is 0.295 e. The van der Waals surface area contributed by atoms with E-state index >= 15 is 0 Å². The molecular weight excluding hydrogens is 432 g/mol. The topological polar surface area (TPSA) is 79.3 Å². The van der Waals surface area contributed by atoms with Gasteiger partial charge in [-0.2, -0.15) is 0 Å². The minimum Gasteiger partial charge on any atom is -0.507 e. The summed E-state index contributed by atoms with van der Waals surface area (Å²) in [6.45, 7) is 7.86. The zero-order valence-electron chi connectivity index (χ0n) is 20.6. The van der Waals surface area contributed by atoms with Crippen LogP contribution < -0.4 is 9.47 Å². The number of hydrogen-bond acceptors (Lipinski definition) is 6. The molecule has 1 amide bonds. The van der Waals surface area contributed by atoms with Crippen molar-refractivity contribution in [2.75, 3.05) is 40.4 Å². The molecule has 1 N–H and O–H groups in total. The Labute approximate surface area is 201 Å². The van der Waals surface area contributed by atoms with Crippen LogP contribution in [0.2, 0.25) is 0 Å². The van der Waals surface area contributed by atoms with Crippen molar-refractivity contribution in [3.8, 4) is 11.5 Å². The Kier molecular flexibility index (Phi) is 8.34. The van der Waals surface area contributed by atoms with Crippen LogP contribution in [0.25, 0.3) is 5.76 Å². The second-order valence-corrected chi connectivity index (χ2v) is 8.62. The quantitative estimate of drug-likeness (QED) is 0.322. The number of rotatable bonds is 10. The van der Waals surface area contributed by atoms with Crippen molar-refractivity contribution in [3.05, 3.63) is 64.7 Å². The lowest BCUT2D eigenvalue weighted by Crippen LogP contribution is -2.35. The molecule has 0 spiro atoms. The lowest BCUT2D eigenvalue weighted by molar-refractivity contribution is -0.140. The number of likely N-dealkylation sites (tertiary alicyclic amines) is 1. The lowest BCUT2D eigenvalue weighted by atomic mass is 9.94. The summed E-state index contributed by atoms with van der Waals surface area (Å²) < 4.78 is 11.2. The third-order valence-corrected chi connectivity index (χ3v) is 5.76. The molecule has 0 saturated carbocycles. The van der Waals surface area contributed by atoms with Crippen molar-refractivity contribution in [2.45, 2.75) is 33.2 Å². The van der Waals surface area contributed by atoms with Crippen molar-refractivity contribution in [1.82, 2.24) is 9.80 Å². The van der Waals surface area contributed by atoms with Gasteiger partial charge in [0.1, 0.15) is 17.3 Å². The maximum absolute atomic E-state index is 13.2. The Bertz CT molecular complexity index is 1060. The summed E-state index contributed by atoms with van der Waals surface area (Å²) in [5.41, 5.74) is 2.09. The number of ketones is 1. The molecule has 1 aliphatic rings. The molecule has 2 aromatic rings. The fraction of sp³-hybridized carbons (Fsp3) is 0.407. The summed E-state index contributed by atoms with van der Waals surface area (Å²) in [6, 6.07) is 12.0. The number of ether oxygens (including phenoxy) is 2. The molecule has 0 aliphatic carbocycles. The van der Waals surface area contributed by atoms with E-state index in [0.29, 0.717) is 37.6 Å². The van der Waals surface area contributed by atoms with Crippen molar-refractivity contribution in [2.24, 2.45) is 0 Å². The first-order chi connectivity index (χ1) is 16.3. The third-order valence-electron chi connectivity index (χ3n) is 5.76. The first-order valence-electron chi connectivity index (χ1n) is 11.7. The molecule has 1 aliphatic heterocycles. The van der Waals surface area contributed by atoms with Crippen LogP contribution >= 0.6 is 0 Å². The maximum atomic E-state index is 13.2. The van der Waals surface area contributed by atoms with Gasteiger partial charge in [0, 0.05) is 18.7 Å². The molecule has 0 bridgehead atoms. The van der Waals surface area contributed by atoms with E-state index in [0.717, 1.165) is 23.3 Å². The van der Waals surface area contributed by atoms with Crippen molar-refractivity contribution in [3.63, 3.8) is 0 Å². The predicted octanol–water partition coefficient (Wildman–Crippen LogP) is 4.17. The average Bonchev–Trinajstić information content (AvgIpc) is 3.06. The van der Waals surface area contributed by atoms with Crippen LogP contribution in [-0.2, 0) is 9.59 Å². The zero-order chi connectivity index (χ0) is 24.8. The summed E-state index contributed by atoms with van der Waals surface area (Å²) >= 11 is 0. The van der Waals surface area contributed by atoms with Gasteiger partial charge in [-0.05, 0) is 75.8 Å². The van der Waals surface area contributed by atoms with Gasteiger partial charge in [-0.25, -0.2) is 0 Å². The van der Waals surface area contributed by atoms with Crippen LogP contribution in [0.1, 0.15) is 43.0 Å².